The number of rotatable bonds is 6. The van der Waals surface area contributed by atoms with Gasteiger partial charge in [-0.2, -0.15) is 0 Å². The Kier molecular flexibility index (Phi) is 5.66. The van der Waals surface area contributed by atoms with Crippen LogP contribution in [-0.2, 0) is 4.79 Å². The van der Waals surface area contributed by atoms with Crippen molar-refractivity contribution in [1.29, 1.82) is 0 Å². The molecule has 0 spiro atoms. The molecule has 6 heteroatoms. The lowest BCUT2D eigenvalue weighted by atomic mass is 10.1. The number of hydrogen-bond donors (Lipinski definition) is 1. The van der Waals surface area contributed by atoms with Crippen LogP contribution in [0.1, 0.15) is 13.8 Å². The summed E-state index contributed by atoms with van der Waals surface area (Å²) in [4.78, 5) is 22.4. The van der Waals surface area contributed by atoms with Gasteiger partial charge in [0.25, 0.3) is 0 Å². The second-order valence-corrected chi connectivity index (χ2v) is 5.93. The van der Waals surface area contributed by atoms with Crippen molar-refractivity contribution in [3.05, 3.63) is 60.8 Å². The van der Waals surface area contributed by atoms with E-state index in [0.717, 1.165) is 28.4 Å². The zero-order chi connectivity index (χ0) is 19.2. The van der Waals surface area contributed by atoms with E-state index in [2.05, 4.69) is 15.3 Å². The number of carbonyl (C=O) groups is 1. The van der Waals surface area contributed by atoms with Gasteiger partial charge >= 0.3 is 0 Å². The molecule has 138 valence electrons. The van der Waals surface area contributed by atoms with Crippen molar-refractivity contribution in [2.45, 2.75) is 13.8 Å². The topological polar surface area (TPSA) is 67.4 Å². The molecule has 1 aromatic heterocycles. The van der Waals surface area contributed by atoms with Crippen LogP contribution in [0.4, 0.5) is 17.3 Å². The Labute approximate surface area is 158 Å². The molecule has 0 fully saturated rings. The highest BCUT2D eigenvalue weighted by molar-refractivity contribution is 5.92. The van der Waals surface area contributed by atoms with Crippen molar-refractivity contribution in [3.8, 4) is 17.0 Å². The summed E-state index contributed by atoms with van der Waals surface area (Å²) in [5, 5.41) is 3.19. The molecule has 0 saturated heterocycles. The number of amides is 1. The van der Waals surface area contributed by atoms with E-state index in [1.165, 1.54) is 0 Å². The molecule has 1 heterocycles. The zero-order valence-electron chi connectivity index (χ0n) is 15.6. The molecule has 0 bridgehead atoms. The summed E-state index contributed by atoms with van der Waals surface area (Å²) in [5.41, 5.74) is 3.43. The first-order valence-electron chi connectivity index (χ1n) is 8.73. The first-order chi connectivity index (χ1) is 13.1. The van der Waals surface area contributed by atoms with Crippen LogP contribution in [0.2, 0.25) is 0 Å². The number of aromatic nitrogens is 2. The summed E-state index contributed by atoms with van der Waals surface area (Å²) < 4.78 is 5.17. The highest BCUT2D eigenvalue weighted by Gasteiger charge is 2.11. The van der Waals surface area contributed by atoms with Crippen molar-refractivity contribution in [2.24, 2.45) is 0 Å². The summed E-state index contributed by atoms with van der Waals surface area (Å²) >= 11 is 0. The SMILES string of the molecule is CCN(C(C)=O)c1cccc(-c2ccnc(Nc3ccc(OC)cc3)n2)c1. The molecule has 0 aliphatic heterocycles. The maximum Gasteiger partial charge on any atom is 0.227 e. The number of nitrogens with zero attached hydrogens (tertiary/aromatic N) is 3. The molecular formula is C21H22N4O2. The lowest BCUT2D eigenvalue weighted by molar-refractivity contribution is -0.116. The molecule has 0 saturated carbocycles. The smallest absolute Gasteiger partial charge is 0.227 e. The molecule has 6 nitrogen and oxygen atoms in total. The van der Waals surface area contributed by atoms with Crippen molar-refractivity contribution < 1.29 is 9.53 Å². The fourth-order valence-corrected chi connectivity index (χ4v) is 2.80. The average Bonchev–Trinajstić information content (AvgIpc) is 2.69. The van der Waals surface area contributed by atoms with E-state index in [9.17, 15) is 4.79 Å². The third-order valence-electron chi connectivity index (χ3n) is 4.15. The Morgan fingerprint density at radius 2 is 1.93 bits per heavy atom. The monoisotopic (exact) mass is 362 g/mol. The molecule has 2 aromatic carbocycles. The van der Waals surface area contributed by atoms with Crippen LogP contribution >= 0.6 is 0 Å². The van der Waals surface area contributed by atoms with Gasteiger partial charge in [-0.3, -0.25) is 4.79 Å². The predicted molar refractivity (Wildman–Crippen MR) is 107 cm³/mol. The molecule has 0 radical (unpaired) electrons. The molecule has 3 rings (SSSR count). The van der Waals surface area contributed by atoms with Gasteiger partial charge in [-0.05, 0) is 49.4 Å². The largest absolute Gasteiger partial charge is 0.497 e. The van der Waals surface area contributed by atoms with Gasteiger partial charge in [-0.15, -0.1) is 0 Å². The zero-order valence-corrected chi connectivity index (χ0v) is 15.6. The minimum Gasteiger partial charge on any atom is -0.497 e. The standard InChI is InChI=1S/C21H22N4O2/c1-4-25(15(2)26)18-7-5-6-16(14-18)20-12-13-22-21(24-20)23-17-8-10-19(27-3)11-9-17/h5-14H,4H2,1-3H3,(H,22,23,24). The minimum atomic E-state index is 0.0131. The fourth-order valence-electron chi connectivity index (χ4n) is 2.80. The molecule has 3 aromatic rings. The van der Waals surface area contributed by atoms with Crippen LogP contribution in [0.5, 0.6) is 5.75 Å². The summed E-state index contributed by atoms with van der Waals surface area (Å²) in [6.45, 7) is 4.14. The number of nitrogens with one attached hydrogen (secondary N) is 1. The second kappa shape index (κ2) is 8.31. The van der Waals surface area contributed by atoms with Crippen LogP contribution < -0.4 is 15.0 Å². The van der Waals surface area contributed by atoms with Gasteiger partial charge < -0.3 is 15.0 Å². The van der Waals surface area contributed by atoms with Crippen LogP contribution in [0, 0.1) is 0 Å². The number of anilines is 3. The average molecular weight is 362 g/mol. The highest BCUT2D eigenvalue weighted by atomic mass is 16.5. The van der Waals surface area contributed by atoms with Gasteiger partial charge in [-0.1, -0.05) is 12.1 Å². The van der Waals surface area contributed by atoms with E-state index in [0.29, 0.717) is 12.5 Å². The number of hydrogen-bond acceptors (Lipinski definition) is 5. The molecule has 1 amide bonds. The summed E-state index contributed by atoms with van der Waals surface area (Å²) in [6, 6.07) is 17.2. The van der Waals surface area contributed by atoms with Crippen LogP contribution in [0.25, 0.3) is 11.3 Å². The fraction of sp³-hybridized carbons (Fsp3) is 0.190. The quantitative estimate of drug-likeness (QED) is 0.709. The van der Waals surface area contributed by atoms with Crippen LogP contribution in [0.3, 0.4) is 0 Å². The first-order valence-corrected chi connectivity index (χ1v) is 8.73. The molecule has 0 unspecified atom stereocenters. The van der Waals surface area contributed by atoms with E-state index in [1.807, 2.05) is 61.5 Å². The van der Waals surface area contributed by atoms with Crippen molar-refractivity contribution in [3.63, 3.8) is 0 Å². The number of methoxy groups -OCH3 is 1. The van der Waals surface area contributed by atoms with E-state index in [1.54, 1.807) is 25.1 Å². The summed E-state index contributed by atoms with van der Waals surface area (Å²) in [6.07, 6.45) is 1.71. The van der Waals surface area contributed by atoms with Crippen molar-refractivity contribution in [1.82, 2.24) is 9.97 Å². The van der Waals surface area contributed by atoms with Gasteiger partial charge in [0.2, 0.25) is 11.9 Å². The minimum absolute atomic E-state index is 0.0131. The lowest BCUT2D eigenvalue weighted by Crippen LogP contribution is -2.27. The predicted octanol–water partition coefficient (Wildman–Crippen LogP) is 4.27. The Morgan fingerprint density at radius 1 is 1.15 bits per heavy atom. The summed E-state index contributed by atoms with van der Waals surface area (Å²) in [5.74, 6) is 1.30. The Hall–Kier alpha value is -3.41. The molecule has 1 N–H and O–H groups in total. The highest BCUT2D eigenvalue weighted by Crippen LogP contribution is 2.25. The Balaban J connectivity index is 1.85. The van der Waals surface area contributed by atoms with Crippen LogP contribution in [0.15, 0.2) is 60.8 Å². The van der Waals surface area contributed by atoms with E-state index >= 15 is 0 Å². The van der Waals surface area contributed by atoms with Crippen LogP contribution in [-0.4, -0.2) is 29.5 Å². The number of carbonyl (C=O) groups excluding carboxylic acids is 1. The third-order valence-corrected chi connectivity index (χ3v) is 4.15. The summed E-state index contributed by atoms with van der Waals surface area (Å²) in [7, 11) is 1.63. The third kappa shape index (κ3) is 4.41. The van der Waals surface area contributed by atoms with Gasteiger partial charge in [0.05, 0.1) is 12.8 Å². The molecule has 27 heavy (non-hydrogen) atoms. The first kappa shape index (κ1) is 18.4. The normalized spacial score (nSPS) is 10.3. The van der Waals surface area contributed by atoms with Gasteiger partial charge in [0.1, 0.15) is 5.75 Å². The van der Waals surface area contributed by atoms with E-state index in [4.69, 9.17) is 4.74 Å². The Bertz CT molecular complexity index is 925. The van der Waals surface area contributed by atoms with E-state index < -0.39 is 0 Å². The molecular weight excluding hydrogens is 340 g/mol. The molecule has 0 aliphatic rings. The van der Waals surface area contributed by atoms with Crippen molar-refractivity contribution in [2.75, 3.05) is 23.9 Å². The maximum atomic E-state index is 11.8. The van der Waals surface area contributed by atoms with Gasteiger partial charge in [-0.25, -0.2) is 9.97 Å². The molecule has 0 aliphatic carbocycles. The second-order valence-electron chi connectivity index (χ2n) is 5.93. The molecule has 0 atom stereocenters. The number of ether oxygens (including phenoxy) is 1. The van der Waals surface area contributed by atoms with E-state index in [-0.39, 0.29) is 5.91 Å². The maximum absolute atomic E-state index is 11.8. The van der Waals surface area contributed by atoms with Gasteiger partial charge in [0, 0.05) is 36.6 Å². The number of benzene rings is 2. The lowest BCUT2D eigenvalue weighted by Gasteiger charge is -2.19. The van der Waals surface area contributed by atoms with Gasteiger partial charge in [0.15, 0.2) is 0 Å². The van der Waals surface area contributed by atoms with Crippen molar-refractivity contribution >= 4 is 23.2 Å². The Morgan fingerprint density at radius 3 is 2.59 bits per heavy atom.